The first-order chi connectivity index (χ1) is 12.0. The molecule has 1 fully saturated rings. The maximum absolute atomic E-state index is 12.5. The van der Waals surface area contributed by atoms with Crippen molar-refractivity contribution in [1.82, 2.24) is 9.88 Å². The molecule has 0 radical (unpaired) electrons. The molecule has 2 amide bonds. The number of aryl methyl sites for hydroxylation is 1. The van der Waals surface area contributed by atoms with Gasteiger partial charge in [-0.15, -0.1) is 0 Å². The van der Waals surface area contributed by atoms with Crippen LogP contribution in [-0.4, -0.2) is 48.0 Å². The summed E-state index contributed by atoms with van der Waals surface area (Å²) in [7, 11) is 0. The van der Waals surface area contributed by atoms with E-state index in [1.807, 2.05) is 13.0 Å². The predicted octanol–water partition coefficient (Wildman–Crippen LogP) is 2.77. The summed E-state index contributed by atoms with van der Waals surface area (Å²) in [5.74, 6) is -0.519. The fourth-order valence-electron chi connectivity index (χ4n) is 2.49. The van der Waals surface area contributed by atoms with Crippen molar-refractivity contribution >= 4 is 29.1 Å². The normalized spacial score (nSPS) is 14.2. The quantitative estimate of drug-likeness (QED) is 0.914. The molecule has 0 atom stereocenters. The Morgan fingerprint density at radius 2 is 1.96 bits per heavy atom. The molecule has 0 saturated carbocycles. The summed E-state index contributed by atoms with van der Waals surface area (Å²) in [6.07, 6.45) is 1.46. The molecule has 7 heteroatoms. The van der Waals surface area contributed by atoms with Gasteiger partial charge in [0.25, 0.3) is 11.8 Å². The van der Waals surface area contributed by atoms with Crippen LogP contribution in [0.1, 0.15) is 26.4 Å². The van der Waals surface area contributed by atoms with Crippen LogP contribution in [0, 0.1) is 6.92 Å². The molecule has 0 aliphatic carbocycles. The Morgan fingerprint density at radius 3 is 2.68 bits per heavy atom. The number of rotatable bonds is 3. The minimum atomic E-state index is -0.321. The van der Waals surface area contributed by atoms with Gasteiger partial charge in [-0.05, 0) is 36.8 Å². The molecular weight excluding hydrogens is 342 g/mol. The molecular formula is C18H18ClN3O3. The van der Waals surface area contributed by atoms with Crippen LogP contribution in [0.5, 0.6) is 0 Å². The zero-order valence-corrected chi connectivity index (χ0v) is 14.5. The number of aromatic nitrogens is 1. The van der Waals surface area contributed by atoms with E-state index in [4.69, 9.17) is 16.3 Å². The third-order valence-corrected chi connectivity index (χ3v) is 4.38. The Labute approximate surface area is 150 Å². The van der Waals surface area contributed by atoms with Gasteiger partial charge < -0.3 is 15.0 Å². The van der Waals surface area contributed by atoms with Gasteiger partial charge >= 0.3 is 0 Å². The number of amides is 2. The number of ether oxygens (including phenoxy) is 1. The average molecular weight is 360 g/mol. The molecule has 0 unspecified atom stereocenters. The van der Waals surface area contributed by atoms with Crippen LogP contribution >= 0.6 is 11.6 Å². The Morgan fingerprint density at radius 1 is 1.20 bits per heavy atom. The van der Waals surface area contributed by atoms with Gasteiger partial charge in [-0.1, -0.05) is 17.7 Å². The molecule has 1 N–H and O–H groups in total. The zero-order valence-electron chi connectivity index (χ0n) is 13.8. The number of pyridine rings is 1. The van der Waals surface area contributed by atoms with E-state index in [1.54, 1.807) is 23.1 Å². The third-order valence-electron chi connectivity index (χ3n) is 3.97. The number of carbonyl (C=O) groups excluding carboxylic acids is 2. The van der Waals surface area contributed by atoms with Gasteiger partial charge in [0.2, 0.25) is 0 Å². The van der Waals surface area contributed by atoms with E-state index < -0.39 is 0 Å². The lowest BCUT2D eigenvalue weighted by atomic mass is 10.2. The number of hydrogen-bond donors (Lipinski definition) is 1. The molecule has 1 aromatic heterocycles. The predicted molar refractivity (Wildman–Crippen MR) is 95.1 cm³/mol. The van der Waals surface area contributed by atoms with E-state index in [9.17, 15) is 9.59 Å². The van der Waals surface area contributed by atoms with E-state index in [-0.39, 0.29) is 17.5 Å². The van der Waals surface area contributed by atoms with Gasteiger partial charge in [-0.2, -0.15) is 0 Å². The van der Waals surface area contributed by atoms with Crippen molar-refractivity contribution in [3.8, 4) is 0 Å². The summed E-state index contributed by atoms with van der Waals surface area (Å²) < 4.78 is 5.24. The third kappa shape index (κ3) is 4.15. The first-order valence-corrected chi connectivity index (χ1v) is 8.33. The van der Waals surface area contributed by atoms with Crippen LogP contribution in [0.25, 0.3) is 0 Å². The number of halogens is 1. The minimum absolute atomic E-state index is 0.198. The van der Waals surface area contributed by atoms with Crippen LogP contribution in [0.3, 0.4) is 0 Å². The Kier molecular flexibility index (Phi) is 5.31. The topological polar surface area (TPSA) is 71.5 Å². The molecule has 0 bridgehead atoms. The molecule has 6 nitrogen and oxygen atoms in total. The van der Waals surface area contributed by atoms with Crippen LogP contribution in [0.4, 0.5) is 5.69 Å². The Bertz CT molecular complexity index is 804. The number of carbonyl (C=O) groups is 2. The largest absolute Gasteiger partial charge is 0.378 e. The number of anilines is 1. The van der Waals surface area contributed by atoms with Crippen LogP contribution in [0.15, 0.2) is 36.5 Å². The molecule has 1 aliphatic rings. The number of nitrogens with zero attached hydrogens (tertiary/aromatic N) is 2. The summed E-state index contributed by atoms with van der Waals surface area (Å²) in [5.41, 5.74) is 2.14. The smallest absolute Gasteiger partial charge is 0.272 e. The number of nitrogens with one attached hydrogen (secondary N) is 1. The fraction of sp³-hybridized carbons (Fsp3) is 0.278. The second-order valence-electron chi connectivity index (χ2n) is 5.75. The fourth-order valence-corrected chi connectivity index (χ4v) is 2.67. The molecule has 0 spiro atoms. The Balaban J connectivity index is 1.74. The Hall–Kier alpha value is -2.44. The lowest BCUT2D eigenvalue weighted by Crippen LogP contribution is -2.41. The molecule has 1 aliphatic heterocycles. The van der Waals surface area contributed by atoms with Crippen molar-refractivity contribution in [2.24, 2.45) is 0 Å². The van der Waals surface area contributed by atoms with E-state index in [1.165, 1.54) is 12.3 Å². The molecule has 2 heterocycles. The summed E-state index contributed by atoms with van der Waals surface area (Å²) in [6.45, 7) is 3.97. The number of morpholine rings is 1. The summed E-state index contributed by atoms with van der Waals surface area (Å²) >= 11 is 6.07. The lowest BCUT2D eigenvalue weighted by Gasteiger charge is -2.26. The van der Waals surface area contributed by atoms with E-state index >= 15 is 0 Å². The van der Waals surface area contributed by atoms with Crippen LogP contribution in [0.2, 0.25) is 5.02 Å². The van der Waals surface area contributed by atoms with Gasteiger partial charge in [0.1, 0.15) is 5.69 Å². The van der Waals surface area contributed by atoms with Crippen molar-refractivity contribution in [2.45, 2.75) is 6.92 Å². The minimum Gasteiger partial charge on any atom is -0.378 e. The molecule has 2 aromatic rings. The van der Waals surface area contributed by atoms with Gasteiger partial charge in [0.05, 0.1) is 13.2 Å². The van der Waals surface area contributed by atoms with E-state index in [2.05, 4.69) is 10.3 Å². The van der Waals surface area contributed by atoms with Crippen molar-refractivity contribution in [1.29, 1.82) is 0 Å². The molecule has 3 rings (SSSR count). The standard InChI is InChI=1S/C18H18ClN3O3/c1-12-2-3-14(11-15(12)19)21-17(23)13-4-5-20-16(10-13)18(24)22-6-8-25-9-7-22/h2-5,10-11H,6-9H2,1H3,(H,21,23). The van der Waals surface area contributed by atoms with E-state index in [0.29, 0.717) is 42.6 Å². The van der Waals surface area contributed by atoms with Gasteiger partial charge in [-0.25, -0.2) is 0 Å². The first kappa shape index (κ1) is 17.4. The van der Waals surface area contributed by atoms with Crippen molar-refractivity contribution in [3.05, 3.63) is 58.4 Å². The second-order valence-corrected chi connectivity index (χ2v) is 6.16. The summed E-state index contributed by atoms with van der Waals surface area (Å²) in [5, 5.41) is 3.36. The van der Waals surface area contributed by atoms with E-state index in [0.717, 1.165) is 5.56 Å². The SMILES string of the molecule is Cc1ccc(NC(=O)c2ccnc(C(=O)N3CCOCC3)c2)cc1Cl. The maximum Gasteiger partial charge on any atom is 0.272 e. The highest BCUT2D eigenvalue weighted by atomic mass is 35.5. The molecule has 25 heavy (non-hydrogen) atoms. The molecule has 130 valence electrons. The second kappa shape index (κ2) is 7.63. The highest BCUT2D eigenvalue weighted by Crippen LogP contribution is 2.20. The number of hydrogen-bond acceptors (Lipinski definition) is 4. The molecule has 1 saturated heterocycles. The highest BCUT2D eigenvalue weighted by Gasteiger charge is 2.20. The van der Waals surface area contributed by atoms with Crippen molar-refractivity contribution < 1.29 is 14.3 Å². The van der Waals surface area contributed by atoms with Crippen LogP contribution < -0.4 is 5.32 Å². The van der Waals surface area contributed by atoms with Crippen molar-refractivity contribution in [2.75, 3.05) is 31.6 Å². The highest BCUT2D eigenvalue weighted by molar-refractivity contribution is 6.31. The number of benzene rings is 1. The zero-order chi connectivity index (χ0) is 17.8. The van der Waals surface area contributed by atoms with Gasteiger partial charge in [0.15, 0.2) is 0 Å². The summed E-state index contributed by atoms with van der Waals surface area (Å²) in [4.78, 5) is 30.7. The first-order valence-electron chi connectivity index (χ1n) is 7.95. The van der Waals surface area contributed by atoms with Gasteiger partial charge in [0, 0.05) is 35.6 Å². The van der Waals surface area contributed by atoms with Gasteiger partial charge in [-0.3, -0.25) is 14.6 Å². The average Bonchev–Trinajstić information content (AvgIpc) is 2.65. The molecule has 1 aromatic carbocycles. The summed E-state index contributed by atoms with van der Waals surface area (Å²) in [6, 6.07) is 8.37. The lowest BCUT2D eigenvalue weighted by molar-refractivity contribution is 0.0299. The maximum atomic E-state index is 12.5. The van der Waals surface area contributed by atoms with Crippen LogP contribution in [-0.2, 0) is 4.74 Å². The van der Waals surface area contributed by atoms with Crippen molar-refractivity contribution in [3.63, 3.8) is 0 Å². The monoisotopic (exact) mass is 359 g/mol.